The predicted octanol–water partition coefficient (Wildman–Crippen LogP) is 4.22. The second kappa shape index (κ2) is 10.3. The van der Waals surface area contributed by atoms with Crippen LogP contribution in [0.2, 0.25) is 0 Å². The average molecular weight is 471 g/mol. The predicted molar refractivity (Wildman–Crippen MR) is 127 cm³/mol. The van der Waals surface area contributed by atoms with Gasteiger partial charge in [0.15, 0.2) is 6.10 Å². The molecule has 1 atom stereocenters. The smallest absolute Gasteiger partial charge is 0.265 e. The molecular weight excluding hydrogens is 444 g/mol. The Morgan fingerprint density at radius 1 is 0.909 bits per heavy atom. The van der Waals surface area contributed by atoms with E-state index in [1.54, 1.807) is 31.2 Å². The highest BCUT2D eigenvalue weighted by atomic mass is 32.2. The van der Waals surface area contributed by atoms with Crippen LogP contribution in [0.5, 0.6) is 17.2 Å². The maximum Gasteiger partial charge on any atom is 0.265 e. The van der Waals surface area contributed by atoms with Crippen molar-refractivity contribution in [2.24, 2.45) is 0 Å². The molecule has 0 aliphatic rings. The Bertz CT molecular complexity index is 1230. The van der Waals surface area contributed by atoms with Crippen LogP contribution in [0.15, 0.2) is 71.6 Å². The average Bonchev–Trinajstić information content (AvgIpc) is 2.81. The van der Waals surface area contributed by atoms with Crippen molar-refractivity contribution in [2.75, 3.05) is 24.3 Å². The minimum Gasteiger partial charge on any atom is -0.497 e. The first kappa shape index (κ1) is 23.9. The monoisotopic (exact) mass is 470 g/mol. The Morgan fingerprint density at radius 3 is 2.24 bits per heavy atom. The zero-order valence-electron chi connectivity index (χ0n) is 18.8. The van der Waals surface area contributed by atoms with Gasteiger partial charge in [-0.25, -0.2) is 8.42 Å². The van der Waals surface area contributed by atoms with E-state index in [1.165, 1.54) is 38.5 Å². The first-order chi connectivity index (χ1) is 15.7. The molecule has 0 aromatic heterocycles. The number of para-hydroxylation sites is 1. The summed E-state index contributed by atoms with van der Waals surface area (Å²) in [5, 5.41) is 2.73. The lowest BCUT2D eigenvalue weighted by Crippen LogP contribution is -2.30. The molecule has 2 N–H and O–H groups in total. The van der Waals surface area contributed by atoms with Crippen LogP contribution in [0.4, 0.5) is 11.4 Å². The van der Waals surface area contributed by atoms with Gasteiger partial charge in [0, 0.05) is 11.8 Å². The molecule has 0 unspecified atom stereocenters. The summed E-state index contributed by atoms with van der Waals surface area (Å²) in [5.74, 6) is 1.14. The molecule has 33 heavy (non-hydrogen) atoms. The van der Waals surface area contributed by atoms with E-state index in [0.29, 0.717) is 22.9 Å². The Morgan fingerprint density at radius 2 is 1.61 bits per heavy atom. The molecule has 3 rings (SSSR count). The minimum atomic E-state index is -3.88. The molecule has 0 spiro atoms. The zero-order chi connectivity index (χ0) is 24.0. The van der Waals surface area contributed by atoms with Crippen molar-refractivity contribution < 1.29 is 27.4 Å². The quantitative estimate of drug-likeness (QED) is 0.485. The van der Waals surface area contributed by atoms with Crippen LogP contribution in [0.3, 0.4) is 0 Å². The van der Waals surface area contributed by atoms with Crippen molar-refractivity contribution in [1.29, 1.82) is 0 Å². The third-order valence-corrected chi connectivity index (χ3v) is 6.23. The first-order valence-electron chi connectivity index (χ1n) is 10.1. The van der Waals surface area contributed by atoms with Crippen LogP contribution >= 0.6 is 0 Å². The number of sulfonamides is 1. The third-order valence-electron chi connectivity index (χ3n) is 4.85. The van der Waals surface area contributed by atoms with E-state index in [-0.39, 0.29) is 16.5 Å². The lowest BCUT2D eigenvalue weighted by Gasteiger charge is -2.16. The van der Waals surface area contributed by atoms with Crippen LogP contribution < -0.4 is 24.2 Å². The van der Waals surface area contributed by atoms with Crippen LogP contribution in [0.25, 0.3) is 0 Å². The van der Waals surface area contributed by atoms with Gasteiger partial charge in [0.2, 0.25) is 0 Å². The molecule has 0 saturated heterocycles. The van der Waals surface area contributed by atoms with Crippen molar-refractivity contribution in [1.82, 2.24) is 0 Å². The van der Waals surface area contributed by atoms with E-state index in [2.05, 4.69) is 10.0 Å². The summed E-state index contributed by atoms with van der Waals surface area (Å²) in [5.41, 5.74) is 1.65. The molecule has 0 aliphatic carbocycles. The summed E-state index contributed by atoms with van der Waals surface area (Å²) >= 11 is 0. The SMILES string of the molecule is COc1ccc(NS(=O)(=O)c2ccc(NC(=O)[C@H](C)Oc3ccccc3C)cc2)c(OC)c1. The number of amides is 1. The molecule has 0 radical (unpaired) electrons. The van der Waals surface area contributed by atoms with Gasteiger partial charge in [0.05, 0.1) is 24.8 Å². The van der Waals surface area contributed by atoms with E-state index in [4.69, 9.17) is 14.2 Å². The van der Waals surface area contributed by atoms with E-state index in [0.717, 1.165) is 5.56 Å². The summed E-state index contributed by atoms with van der Waals surface area (Å²) < 4.78 is 44.2. The number of methoxy groups -OCH3 is 2. The maximum atomic E-state index is 12.8. The van der Waals surface area contributed by atoms with Crippen LogP contribution in [0, 0.1) is 6.92 Å². The summed E-state index contributed by atoms with van der Waals surface area (Å²) in [6.07, 6.45) is -0.737. The number of hydrogen-bond donors (Lipinski definition) is 2. The lowest BCUT2D eigenvalue weighted by molar-refractivity contribution is -0.122. The molecular formula is C24H26N2O6S. The second-order valence-electron chi connectivity index (χ2n) is 7.21. The fraction of sp³-hybridized carbons (Fsp3) is 0.208. The van der Waals surface area contributed by atoms with Crippen molar-refractivity contribution in [3.63, 3.8) is 0 Å². The van der Waals surface area contributed by atoms with Gasteiger partial charge >= 0.3 is 0 Å². The normalized spacial score (nSPS) is 11.9. The van der Waals surface area contributed by atoms with Gasteiger partial charge in [-0.05, 0) is 61.9 Å². The van der Waals surface area contributed by atoms with Crippen LogP contribution in [0.1, 0.15) is 12.5 Å². The number of ether oxygens (including phenoxy) is 3. The van der Waals surface area contributed by atoms with Crippen LogP contribution in [-0.4, -0.2) is 34.6 Å². The molecule has 3 aromatic rings. The Balaban J connectivity index is 1.68. The maximum absolute atomic E-state index is 12.8. The largest absolute Gasteiger partial charge is 0.497 e. The van der Waals surface area contributed by atoms with Crippen molar-refractivity contribution in [3.8, 4) is 17.2 Å². The number of hydrogen-bond acceptors (Lipinski definition) is 6. The number of nitrogens with one attached hydrogen (secondary N) is 2. The Kier molecular flexibility index (Phi) is 7.44. The Labute approximate surface area is 193 Å². The van der Waals surface area contributed by atoms with Gasteiger partial charge in [-0.15, -0.1) is 0 Å². The molecule has 0 heterocycles. The summed E-state index contributed by atoms with van der Waals surface area (Å²) in [7, 11) is -0.934. The van der Waals surface area contributed by atoms with E-state index < -0.39 is 16.1 Å². The fourth-order valence-corrected chi connectivity index (χ4v) is 4.05. The molecule has 9 heteroatoms. The lowest BCUT2D eigenvalue weighted by atomic mass is 10.2. The van der Waals surface area contributed by atoms with Crippen molar-refractivity contribution in [2.45, 2.75) is 24.8 Å². The fourth-order valence-electron chi connectivity index (χ4n) is 2.98. The van der Waals surface area contributed by atoms with E-state index in [9.17, 15) is 13.2 Å². The zero-order valence-corrected chi connectivity index (χ0v) is 19.6. The first-order valence-corrected chi connectivity index (χ1v) is 11.6. The highest BCUT2D eigenvalue weighted by molar-refractivity contribution is 7.92. The standard InChI is InChI=1S/C24H26N2O6S/c1-16-7-5-6-8-22(16)32-17(2)24(27)25-18-9-12-20(13-10-18)33(28,29)26-21-14-11-19(30-3)15-23(21)31-4/h5-15,17,26H,1-4H3,(H,25,27)/t17-/m0/s1. The number of anilines is 2. The van der Waals surface area contributed by atoms with Crippen molar-refractivity contribution in [3.05, 3.63) is 72.3 Å². The number of carbonyl (C=O) groups is 1. The molecule has 1 amide bonds. The van der Waals surface area contributed by atoms with Gasteiger partial charge in [0.1, 0.15) is 17.2 Å². The number of aryl methyl sites for hydroxylation is 1. The van der Waals surface area contributed by atoms with Gasteiger partial charge in [-0.2, -0.15) is 0 Å². The molecule has 3 aromatic carbocycles. The topological polar surface area (TPSA) is 103 Å². The van der Waals surface area contributed by atoms with Gasteiger partial charge < -0.3 is 19.5 Å². The van der Waals surface area contributed by atoms with E-state index in [1.807, 2.05) is 25.1 Å². The van der Waals surface area contributed by atoms with Gasteiger partial charge in [-0.1, -0.05) is 18.2 Å². The summed E-state index contributed by atoms with van der Waals surface area (Å²) in [4.78, 5) is 12.5. The second-order valence-corrected chi connectivity index (χ2v) is 8.89. The molecule has 0 saturated carbocycles. The molecule has 0 fully saturated rings. The Hall–Kier alpha value is -3.72. The van der Waals surface area contributed by atoms with E-state index >= 15 is 0 Å². The number of carbonyl (C=O) groups excluding carboxylic acids is 1. The van der Waals surface area contributed by atoms with Crippen LogP contribution in [-0.2, 0) is 14.8 Å². The summed E-state index contributed by atoms with van der Waals surface area (Å²) in [6, 6.07) is 18.0. The highest BCUT2D eigenvalue weighted by Crippen LogP contribution is 2.31. The highest BCUT2D eigenvalue weighted by Gasteiger charge is 2.19. The third kappa shape index (κ3) is 5.95. The minimum absolute atomic E-state index is 0.0302. The number of rotatable bonds is 9. The molecule has 0 bridgehead atoms. The number of benzene rings is 3. The molecule has 174 valence electrons. The van der Waals surface area contributed by atoms with Gasteiger partial charge in [0.25, 0.3) is 15.9 Å². The van der Waals surface area contributed by atoms with Crippen molar-refractivity contribution >= 4 is 27.3 Å². The molecule has 0 aliphatic heterocycles. The summed E-state index contributed by atoms with van der Waals surface area (Å²) in [6.45, 7) is 3.54. The van der Waals surface area contributed by atoms with Gasteiger partial charge in [-0.3, -0.25) is 9.52 Å². The molecule has 8 nitrogen and oxygen atoms in total.